The van der Waals surface area contributed by atoms with Gasteiger partial charge in [-0.2, -0.15) is 18.0 Å². The zero-order valence-electron chi connectivity index (χ0n) is 21.2. The first-order valence-corrected chi connectivity index (χ1v) is 13.1. The molecule has 1 heterocycles. The number of benzene rings is 2. The van der Waals surface area contributed by atoms with E-state index in [9.17, 15) is 18.5 Å². The second kappa shape index (κ2) is 14.6. The molecule has 0 spiro atoms. The van der Waals surface area contributed by atoms with Gasteiger partial charge in [-0.1, -0.05) is 13.0 Å². The molecule has 0 saturated carbocycles. The number of aromatic nitrogens is 2. The molecule has 206 valence electrons. The van der Waals surface area contributed by atoms with Crippen LogP contribution in [0.15, 0.2) is 47.5 Å². The Balaban J connectivity index is 0.00000507. The summed E-state index contributed by atoms with van der Waals surface area (Å²) in [4.78, 5) is 17.4. The number of fused-ring (bicyclic) bond motifs is 1. The second-order valence-corrected chi connectivity index (χ2v) is 9.75. The van der Waals surface area contributed by atoms with E-state index in [0.717, 1.165) is 4.31 Å². The number of halogens is 1. The number of hydrogen-bond acceptors (Lipinski definition) is 9. The minimum atomic E-state index is -3.81. The Labute approximate surface area is 227 Å². The molecule has 0 amide bonds. The lowest BCUT2D eigenvalue weighted by Crippen LogP contribution is -2.32. The van der Waals surface area contributed by atoms with E-state index in [1.54, 1.807) is 37.3 Å². The molecule has 0 aliphatic carbocycles. The molecule has 0 atom stereocenters. The van der Waals surface area contributed by atoms with Gasteiger partial charge in [0.2, 0.25) is 0 Å². The molecule has 0 bridgehead atoms. The molecule has 0 aliphatic rings. The maximum atomic E-state index is 13.0. The quantitative estimate of drug-likeness (QED) is 0.248. The first-order valence-electron chi connectivity index (χ1n) is 11.7. The van der Waals surface area contributed by atoms with Gasteiger partial charge in [-0.15, -0.1) is 12.4 Å². The summed E-state index contributed by atoms with van der Waals surface area (Å²) in [7, 11) is -2.37. The number of nitrogens with one attached hydrogen (secondary N) is 2. The van der Waals surface area contributed by atoms with Crippen LogP contribution in [0.2, 0.25) is 0 Å². The molecule has 0 unspecified atom stereocenters. The summed E-state index contributed by atoms with van der Waals surface area (Å²) in [5.74, 6) is 0. The van der Waals surface area contributed by atoms with Crippen molar-refractivity contribution in [1.82, 2.24) is 13.9 Å². The van der Waals surface area contributed by atoms with Gasteiger partial charge in [0.05, 0.1) is 67.1 Å². The first kappa shape index (κ1) is 31.0. The van der Waals surface area contributed by atoms with Gasteiger partial charge in [0, 0.05) is 25.8 Å². The maximum absolute atomic E-state index is 13.0. The molecule has 38 heavy (non-hydrogen) atoms. The number of anilines is 3. The smallest absolute Gasteiger partial charge is 0.301 e. The van der Waals surface area contributed by atoms with Crippen molar-refractivity contribution in [1.29, 1.82) is 5.26 Å². The van der Waals surface area contributed by atoms with E-state index in [0.29, 0.717) is 61.8 Å². The van der Waals surface area contributed by atoms with Crippen LogP contribution in [-0.2, 0) is 26.2 Å². The van der Waals surface area contributed by atoms with Crippen molar-refractivity contribution < 1.29 is 17.9 Å². The zero-order valence-corrected chi connectivity index (χ0v) is 22.8. The summed E-state index contributed by atoms with van der Waals surface area (Å²) in [6.45, 7) is 4.37. The highest BCUT2D eigenvalue weighted by Gasteiger charge is 2.19. The Bertz CT molecular complexity index is 1430. The molecule has 3 rings (SSSR count). The lowest BCUT2D eigenvalue weighted by molar-refractivity contribution is 0.0474. The predicted octanol–water partition coefficient (Wildman–Crippen LogP) is 2.03. The fourth-order valence-corrected chi connectivity index (χ4v) is 4.31. The third kappa shape index (κ3) is 7.87. The van der Waals surface area contributed by atoms with Crippen LogP contribution in [0.3, 0.4) is 0 Å². The fraction of sp³-hybridized carbons (Fsp3) is 0.375. The topological polar surface area (TPSA) is 165 Å². The van der Waals surface area contributed by atoms with Crippen molar-refractivity contribution in [3.63, 3.8) is 0 Å². The highest BCUT2D eigenvalue weighted by atomic mass is 35.5. The van der Waals surface area contributed by atoms with Crippen molar-refractivity contribution in [2.75, 3.05) is 56.6 Å². The molecular formula is C24H32ClN7O5S. The average molecular weight is 566 g/mol. The van der Waals surface area contributed by atoms with Gasteiger partial charge in [-0.05, 0) is 30.3 Å². The second-order valence-electron chi connectivity index (χ2n) is 7.97. The van der Waals surface area contributed by atoms with Gasteiger partial charge in [-0.3, -0.25) is 14.1 Å². The number of nitrogens with two attached hydrogens (primary N) is 1. The predicted molar refractivity (Wildman–Crippen MR) is 149 cm³/mol. The SMILES string of the molecule is CCN(C)S(=O)(=O)Nc1cccc(Nc2ccc3ncn(CCOCCOCCN)c(=O)c3c2)c1C#N.Cl. The number of nitrogens with zero attached hydrogens (tertiary/aromatic N) is 4. The van der Waals surface area contributed by atoms with E-state index >= 15 is 0 Å². The van der Waals surface area contributed by atoms with E-state index < -0.39 is 10.2 Å². The van der Waals surface area contributed by atoms with Crippen LogP contribution in [0.25, 0.3) is 10.9 Å². The van der Waals surface area contributed by atoms with Crippen LogP contribution in [0.4, 0.5) is 17.1 Å². The van der Waals surface area contributed by atoms with E-state index in [1.807, 2.05) is 0 Å². The van der Waals surface area contributed by atoms with Gasteiger partial charge in [-0.25, -0.2) is 4.98 Å². The van der Waals surface area contributed by atoms with Crippen LogP contribution in [-0.4, -0.2) is 68.8 Å². The third-order valence-corrected chi connectivity index (χ3v) is 7.04. The van der Waals surface area contributed by atoms with Crippen molar-refractivity contribution >= 4 is 50.6 Å². The monoisotopic (exact) mass is 565 g/mol. The molecule has 0 radical (unpaired) electrons. The van der Waals surface area contributed by atoms with Crippen molar-refractivity contribution in [2.24, 2.45) is 5.73 Å². The van der Waals surface area contributed by atoms with Crippen molar-refractivity contribution in [2.45, 2.75) is 13.5 Å². The van der Waals surface area contributed by atoms with Crippen LogP contribution in [0.5, 0.6) is 0 Å². The van der Waals surface area contributed by atoms with Gasteiger partial charge >= 0.3 is 10.2 Å². The molecule has 14 heteroatoms. The minimum Gasteiger partial charge on any atom is -0.378 e. The molecule has 0 aliphatic heterocycles. The molecule has 1 aromatic heterocycles. The normalized spacial score (nSPS) is 11.2. The largest absolute Gasteiger partial charge is 0.378 e. The van der Waals surface area contributed by atoms with Crippen molar-refractivity contribution in [3.05, 3.63) is 58.6 Å². The Morgan fingerprint density at radius 1 is 1.13 bits per heavy atom. The number of rotatable bonds is 14. The minimum absolute atomic E-state index is 0. The summed E-state index contributed by atoms with van der Waals surface area (Å²) < 4.78 is 40.7. The molecule has 4 N–H and O–H groups in total. The van der Waals surface area contributed by atoms with Gasteiger partial charge in [0.1, 0.15) is 6.07 Å². The summed E-state index contributed by atoms with van der Waals surface area (Å²) >= 11 is 0. The summed E-state index contributed by atoms with van der Waals surface area (Å²) in [6.07, 6.45) is 1.47. The standard InChI is InChI=1S/C24H31N7O5S.ClH/c1-3-30(2)37(33,34)29-23-6-4-5-22(20(23)16-26)28-18-7-8-21-19(15-18)24(32)31(17-27-21)10-12-36-14-13-35-11-9-25;/h4-8,15,17,28-29H,3,9-14,25H2,1-2H3;1H. The highest BCUT2D eigenvalue weighted by Crippen LogP contribution is 2.28. The Morgan fingerprint density at radius 3 is 2.53 bits per heavy atom. The van der Waals surface area contributed by atoms with Crippen LogP contribution in [0.1, 0.15) is 12.5 Å². The number of nitriles is 1. The number of ether oxygens (including phenoxy) is 2. The van der Waals surface area contributed by atoms with Gasteiger partial charge < -0.3 is 20.5 Å². The zero-order chi connectivity index (χ0) is 26.8. The molecule has 0 saturated heterocycles. The summed E-state index contributed by atoms with van der Waals surface area (Å²) in [5.41, 5.74) is 6.84. The molecule has 2 aromatic carbocycles. The van der Waals surface area contributed by atoms with E-state index in [2.05, 4.69) is 21.1 Å². The molecule has 0 fully saturated rings. The Kier molecular flexibility index (Phi) is 11.9. The Morgan fingerprint density at radius 2 is 1.84 bits per heavy atom. The van der Waals surface area contributed by atoms with E-state index in [-0.39, 0.29) is 35.8 Å². The molecule has 3 aromatic rings. The van der Waals surface area contributed by atoms with Crippen LogP contribution < -0.4 is 21.3 Å². The highest BCUT2D eigenvalue weighted by molar-refractivity contribution is 7.90. The van der Waals surface area contributed by atoms with Gasteiger partial charge in [0.15, 0.2) is 0 Å². The fourth-order valence-electron chi connectivity index (χ4n) is 3.37. The van der Waals surface area contributed by atoms with Gasteiger partial charge in [0.25, 0.3) is 5.56 Å². The van der Waals surface area contributed by atoms with Crippen molar-refractivity contribution in [3.8, 4) is 6.07 Å². The van der Waals surface area contributed by atoms with Crippen LogP contribution >= 0.6 is 12.4 Å². The lowest BCUT2D eigenvalue weighted by Gasteiger charge is -2.18. The summed E-state index contributed by atoms with van der Waals surface area (Å²) in [6, 6.07) is 11.9. The third-order valence-electron chi connectivity index (χ3n) is 5.48. The van der Waals surface area contributed by atoms with E-state index in [1.165, 1.54) is 24.0 Å². The number of hydrogen-bond donors (Lipinski definition) is 3. The van der Waals surface area contributed by atoms with Crippen LogP contribution in [0, 0.1) is 11.3 Å². The average Bonchev–Trinajstić information content (AvgIpc) is 2.89. The Hall–Kier alpha value is -3.25. The maximum Gasteiger partial charge on any atom is 0.301 e. The first-order chi connectivity index (χ1) is 17.8. The molecular weight excluding hydrogens is 534 g/mol. The lowest BCUT2D eigenvalue weighted by atomic mass is 10.1. The van der Waals surface area contributed by atoms with E-state index in [4.69, 9.17) is 15.2 Å². The summed E-state index contributed by atoms with van der Waals surface area (Å²) in [5, 5.41) is 13.3. The molecule has 12 nitrogen and oxygen atoms in total.